The molecular weight excluding hydrogens is 176 g/mol. The van der Waals surface area contributed by atoms with Crippen LogP contribution in [0.2, 0.25) is 0 Å². The molecule has 0 saturated heterocycles. The number of hydrogen-bond acceptors (Lipinski definition) is 3. The first-order valence-electron chi connectivity index (χ1n) is 5.31. The first-order valence-corrected chi connectivity index (χ1v) is 5.31. The lowest BCUT2D eigenvalue weighted by Crippen LogP contribution is -2.03. The van der Waals surface area contributed by atoms with E-state index in [4.69, 9.17) is 4.74 Å². The minimum Gasteiger partial charge on any atom is -0.476 e. The fourth-order valence-corrected chi connectivity index (χ4v) is 1.24. The molecule has 0 saturated carbocycles. The van der Waals surface area contributed by atoms with Crippen molar-refractivity contribution < 1.29 is 4.74 Å². The lowest BCUT2D eigenvalue weighted by molar-refractivity contribution is 0.290. The molecule has 0 aliphatic rings. The van der Waals surface area contributed by atoms with Crippen LogP contribution >= 0.6 is 0 Å². The maximum Gasteiger partial charge on any atom is 0.235 e. The highest BCUT2D eigenvalue weighted by Crippen LogP contribution is 2.12. The van der Waals surface area contributed by atoms with Crippen molar-refractivity contribution in [2.24, 2.45) is 0 Å². The fraction of sp³-hybridized carbons (Fsp3) is 0.636. The van der Waals surface area contributed by atoms with E-state index in [1.807, 2.05) is 0 Å². The van der Waals surface area contributed by atoms with Crippen LogP contribution in [0.15, 0.2) is 12.4 Å². The Bertz CT molecular complexity index is 263. The predicted molar refractivity (Wildman–Crippen MR) is 56.4 cm³/mol. The van der Waals surface area contributed by atoms with Gasteiger partial charge in [-0.15, -0.1) is 0 Å². The maximum atomic E-state index is 5.56. The van der Waals surface area contributed by atoms with Gasteiger partial charge in [0.1, 0.15) is 5.69 Å². The largest absolute Gasteiger partial charge is 0.476 e. The summed E-state index contributed by atoms with van der Waals surface area (Å²) in [5.41, 5.74) is 0.948. The number of unbranched alkanes of at least 4 members (excludes halogenated alkanes) is 2. The minimum absolute atomic E-state index is 0.700. The van der Waals surface area contributed by atoms with Crippen LogP contribution in [0.5, 0.6) is 5.88 Å². The van der Waals surface area contributed by atoms with E-state index in [9.17, 15) is 0 Å². The summed E-state index contributed by atoms with van der Waals surface area (Å²) in [5, 5.41) is 0. The molecule has 0 N–H and O–H groups in total. The number of ether oxygens (including phenoxy) is 1. The monoisotopic (exact) mass is 194 g/mol. The van der Waals surface area contributed by atoms with Crippen LogP contribution in [0, 0.1) is 0 Å². The van der Waals surface area contributed by atoms with Gasteiger partial charge in [-0.05, 0) is 12.8 Å². The van der Waals surface area contributed by atoms with E-state index in [1.54, 1.807) is 12.4 Å². The lowest BCUT2D eigenvalue weighted by Gasteiger charge is -2.07. The molecule has 1 heterocycles. The Morgan fingerprint density at radius 1 is 1.14 bits per heavy atom. The zero-order valence-corrected chi connectivity index (χ0v) is 8.99. The van der Waals surface area contributed by atoms with Gasteiger partial charge < -0.3 is 4.74 Å². The van der Waals surface area contributed by atoms with E-state index >= 15 is 0 Å². The Hall–Kier alpha value is -1.12. The molecule has 1 rings (SSSR count). The number of rotatable bonds is 6. The summed E-state index contributed by atoms with van der Waals surface area (Å²) in [6.07, 6.45) is 7.77. The van der Waals surface area contributed by atoms with Crippen LogP contribution in [-0.2, 0) is 6.42 Å². The molecule has 1 aromatic heterocycles. The molecule has 0 fully saturated rings. The van der Waals surface area contributed by atoms with Crippen molar-refractivity contribution in [3.63, 3.8) is 0 Å². The highest BCUT2D eigenvalue weighted by Gasteiger charge is 2.02. The molecule has 0 unspecified atom stereocenters. The second-order valence-corrected chi connectivity index (χ2v) is 3.22. The van der Waals surface area contributed by atoms with Gasteiger partial charge in [0.15, 0.2) is 0 Å². The molecule has 0 radical (unpaired) electrons. The van der Waals surface area contributed by atoms with Gasteiger partial charge in [-0.3, -0.25) is 4.98 Å². The van der Waals surface area contributed by atoms with Gasteiger partial charge in [-0.25, -0.2) is 4.98 Å². The standard InChI is InChI=1S/C11H18N2O/c1-3-5-6-9-14-11-10(4-2)12-7-8-13-11/h7-8H,3-6,9H2,1-2H3. The quantitative estimate of drug-likeness (QED) is 0.653. The molecular formula is C11H18N2O. The highest BCUT2D eigenvalue weighted by molar-refractivity contribution is 5.16. The van der Waals surface area contributed by atoms with E-state index in [-0.39, 0.29) is 0 Å². The fourth-order valence-electron chi connectivity index (χ4n) is 1.24. The van der Waals surface area contributed by atoms with Gasteiger partial charge in [0.25, 0.3) is 0 Å². The van der Waals surface area contributed by atoms with Crippen LogP contribution in [0.25, 0.3) is 0 Å². The average molecular weight is 194 g/mol. The summed E-state index contributed by atoms with van der Waals surface area (Å²) in [5.74, 6) is 0.700. The highest BCUT2D eigenvalue weighted by atomic mass is 16.5. The first kappa shape index (κ1) is 11.0. The molecule has 0 amide bonds. The Morgan fingerprint density at radius 3 is 2.64 bits per heavy atom. The van der Waals surface area contributed by atoms with Crippen molar-refractivity contribution in [1.29, 1.82) is 0 Å². The normalized spacial score (nSPS) is 10.1. The SMILES string of the molecule is CCCCCOc1nccnc1CC. The molecule has 0 spiro atoms. The second-order valence-electron chi connectivity index (χ2n) is 3.22. The van der Waals surface area contributed by atoms with E-state index in [2.05, 4.69) is 23.8 Å². The van der Waals surface area contributed by atoms with Crippen molar-refractivity contribution in [3.8, 4) is 5.88 Å². The second kappa shape index (κ2) is 6.35. The Kier molecular flexibility index (Phi) is 4.97. The molecule has 0 aromatic carbocycles. The first-order chi connectivity index (χ1) is 6.88. The molecule has 3 nitrogen and oxygen atoms in total. The number of nitrogens with zero attached hydrogens (tertiary/aromatic N) is 2. The van der Waals surface area contributed by atoms with Gasteiger partial charge in [0, 0.05) is 12.4 Å². The van der Waals surface area contributed by atoms with Gasteiger partial charge >= 0.3 is 0 Å². The van der Waals surface area contributed by atoms with Crippen molar-refractivity contribution in [3.05, 3.63) is 18.1 Å². The van der Waals surface area contributed by atoms with Crippen LogP contribution < -0.4 is 4.74 Å². The lowest BCUT2D eigenvalue weighted by atomic mass is 10.3. The summed E-state index contributed by atoms with van der Waals surface area (Å²) >= 11 is 0. The number of aryl methyl sites for hydroxylation is 1. The average Bonchev–Trinajstić information content (AvgIpc) is 2.25. The zero-order valence-electron chi connectivity index (χ0n) is 8.99. The van der Waals surface area contributed by atoms with Crippen LogP contribution in [0.1, 0.15) is 38.8 Å². The summed E-state index contributed by atoms with van der Waals surface area (Å²) in [6.45, 7) is 4.99. The smallest absolute Gasteiger partial charge is 0.235 e. The maximum absolute atomic E-state index is 5.56. The minimum atomic E-state index is 0.700. The molecule has 0 aliphatic carbocycles. The molecule has 0 bridgehead atoms. The van der Waals surface area contributed by atoms with E-state index in [1.165, 1.54) is 12.8 Å². The molecule has 0 aliphatic heterocycles. The van der Waals surface area contributed by atoms with Gasteiger partial charge in [-0.1, -0.05) is 26.7 Å². The number of hydrogen-bond donors (Lipinski definition) is 0. The topological polar surface area (TPSA) is 35.0 Å². The van der Waals surface area contributed by atoms with Crippen molar-refractivity contribution in [2.75, 3.05) is 6.61 Å². The summed E-state index contributed by atoms with van der Waals surface area (Å²) in [7, 11) is 0. The third-order valence-electron chi connectivity index (χ3n) is 2.06. The zero-order chi connectivity index (χ0) is 10.2. The molecule has 78 valence electrons. The molecule has 3 heteroatoms. The van der Waals surface area contributed by atoms with Crippen LogP contribution in [-0.4, -0.2) is 16.6 Å². The Labute approximate surface area is 85.5 Å². The summed E-state index contributed by atoms with van der Waals surface area (Å²) in [4.78, 5) is 8.37. The molecule has 14 heavy (non-hydrogen) atoms. The van der Waals surface area contributed by atoms with Crippen LogP contribution in [0.4, 0.5) is 0 Å². The van der Waals surface area contributed by atoms with Gasteiger partial charge in [-0.2, -0.15) is 0 Å². The Morgan fingerprint density at radius 2 is 1.93 bits per heavy atom. The van der Waals surface area contributed by atoms with E-state index in [0.29, 0.717) is 5.88 Å². The molecule has 1 aromatic rings. The third kappa shape index (κ3) is 3.32. The predicted octanol–water partition coefficient (Wildman–Crippen LogP) is 2.61. The van der Waals surface area contributed by atoms with Crippen molar-refractivity contribution >= 4 is 0 Å². The number of aromatic nitrogens is 2. The van der Waals surface area contributed by atoms with Crippen LogP contribution in [0.3, 0.4) is 0 Å². The van der Waals surface area contributed by atoms with E-state index in [0.717, 1.165) is 25.1 Å². The van der Waals surface area contributed by atoms with Gasteiger partial charge in [0.05, 0.1) is 6.61 Å². The van der Waals surface area contributed by atoms with E-state index < -0.39 is 0 Å². The van der Waals surface area contributed by atoms with Gasteiger partial charge in [0.2, 0.25) is 5.88 Å². The van der Waals surface area contributed by atoms with Crippen molar-refractivity contribution in [2.45, 2.75) is 39.5 Å². The van der Waals surface area contributed by atoms with Crippen molar-refractivity contribution in [1.82, 2.24) is 9.97 Å². The summed E-state index contributed by atoms with van der Waals surface area (Å²) in [6, 6.07) is 0. The summed E-state index contributed by atoms with van der Waals surface area (Å²) < 4.78 is 5.56. The Balaban J connectivity index is 2.41. The third-order valence-corrected chi connectivity index (χ3v) is 2.06. The molecule has 0 atom stereocenters.